The van der Waals surface area contributed by atoms with Gasteiger partial charge in [0, 0.05) is 11.6 Å². The Morgan fingerprint density at radius 3 is 2.23 bits per heavy atom. The Morgan fingerprint density at radius 1 is 1.09 bits per heavy atom. The van der Waals surface area contributed by atoms with Crippen molar-refractivity contribution in [1.82, 2.24) is 0 Å². The van der Waals surface area contributed by atoms with Gasteiger partial charge in [-0.05, 0) is 30.3 Å². The number of halogens is 2. The molecular weight excluding hydrogens is 312 g/mol. The first-order chi connectivity index (χ1) is 10.3. The lowest BCUT2D eigenvalue weighted by molar-refractivity contribution is 0.415. The lowest BCUT2D eigenvalue weighted by atomic mass is 10.2. The largest absolute Gasteiger partial charge is 0.497 e. The molecule has 2 aromatic rings. The smallest absolute Gasteiger partial charge is 0.232 e. The van der Waals surface area contributed by atoms with E-state index in [9.17, 15) is 17.2 Å². The lowest BCUT2D eigenvalue weighted by Gasteiger charge is -2.23. The first kappa shape index (κ1) is 16.2. The van der Waals surface area contributed by atoms with E-state index in [1.807, 2.05) is 0 Å². The van der Waals surface area contributed by atoms with Crippen LogP contribution in [0, 0.1) is 11.6 Å². The normalized spacial score (nSPS) is 11.3. The van der Waals surface area contributed by atoms with Gasteiger partial charge < -0.3 is 4.74 Å². The highest BCUT2D eigenvalue weighted by atomic mass is 32.2. The van der Waals surface area contributed by atoms with Gasteiger partial charge in [-0.1, -0.05) is 6.07 Å². The molecule has 4 nitrogen and oxygen atoms in total. The van der Waals surface area contributed by atoms with E-state index in [-0.39, 0.29) is 12.1 Å². The van der Waals surface area contributed by atoms with Gasteiger partial charge in [0.05, 0.1) is 25.6 Å². The zero-order valence-corrected chi connectivity index (χ0v) is 12.9. The molecule has 0 fully saturated rings. The molecule has 0 heterocycles. The van der Waals surface area contributed by atoms with Gasteiger partial charge >= 0.3 is 0 Å². The third-order valence-electron chi connectivity index (χ3n) is 3.09. The molecule has 0 amide bonds. The second-order valence-corrected chi connectivity index (χ2v) is 6.61. The molecule has 0 aliphatic heterocycles. The number of benzene rings is 2. The molecule has 0 atom stereocenters. The van der Waals surface area contributed by atoms with E-state index in [0.717, 1.165) is 22.7 Å². The summed E-state index contributed by atoms with van der Waals surface area (Å²) in [4.78, 5) is 0. The average Bonchev–Trinajstić information content (AvgIpc) is 2.45. The monoisotopic (exact) mass is 327 g/mol. The summed E-state index contributed by atoms with van der Waals surface area (Å²) in [6.45, 7) is -0.225. The number of methoxy groups -OCH3 is 1. The van der Waals surface area contributed by atoms with Crippen molar-refractivity contribution in [2.75, 3.05) is 17.7 Å². The Bertz CT molecular complexity index is 761. The van der Waals surface area contributed by atoms with Crippen LogP contribution in [0.2, 0.25) is 0 Å². The van der Waals surface area contributed by atoms with Crippen LogP contribution in [0.25, 0.3) is 0 Å². The highest BCUT2D eigenvalue weighted by Crippen LogP contribution is 2.24. The van der Waals surface area contributed by atoms with Gasteiger partial charge in [-0.3, -0.25) is 4.31 Å². The second-order valence-electron chi connectivity index (χ2n) is 4.70. The number of sulfonamides is 1. The van der Waals surface area contributed by atoms with Gasteiger partial charge in [0.15, 0.2) is 0 Å². The molecule has 0 aromatic heterocycles. The van der Waals surface area contributed by atoms with Gasteiger partial charge in [-0.25, -0.2) is 17.2 Å². The molecule has 0 aliphatic rings. The van der Waals surface area contributed by atoms with Crippen LogP contribution >= 0.6 is 0 Å². The Labute approximate surface area is 128 Å². The van der Waals surface area contributed by atoms with Crippen molar-refractivity contribution in [1.29, 1.82) is 0 Å². The van der Waals surface area contributed by atoms with Crippen LogP contribution in [0.15, 0.2) is 42.5 Å². The van der Waals surface area contributed by atoms with E-state index in [0.29, 0.717) is 11.4 Å². The van der Waals surface area contributed by atoms with E-state index >= 15 is 0 Å². The van der Waals surface area contributed by atoms with Gasteiger partial charge in [0.2, 0.25) is 10.0 Å². The second kappa shape index (κ2) is 6.31. The maximum absolute atomic E-state index is 13.8. The zero-order valence-electron chi connectivity index (χ0n) is 12.1. The van der Waals surface area contributed by atoms with Crippen molar-refractivity contribution in [2.24, 2.45) is 0 Å². The van der Waals surface area contributed by atoms with Crippen LogP contribution in [-0.4, -0.2) is 21.8 Å². The highest BCUT2D eigenvalue weighted by Gasteiger charge is 2.19. The summed E-state index contributed by atoms with van der Waals surface area (Å²) in [5, 5.41) is 0. The molecule has 0 N–H and O–H groups in total. The van der Waals surface area contributed by atoms with Gasteiger partial charge in [-0.15, -0.1) is 0 Å². The molecule has 0 saturated heterocycles. The predicted octanol–water partition coefficient (Wildman–Crippen LogP) is 2.94. The molecule has 118 valence electrons. The van der Waals surface area contributed by atoms with Crippen LogP contribution in [0.5, 0.6) is 5.75 Å². The maximum Gasteiger partial charge on any atom is 0.232 e. The van der Waals surface area contributed by atoms with Crippen LogP contribution in [-0.2, 0) is 16.6 Å². The molecule has 0 bridgehead atoms. The number of hydrogen-bond donors (Lipinski definition) is 0. The van der Waals surface area contributed by atoms with Crippen molar-refractivity contribution in [2.45, 2.75) is 6.54 Å². The quantitative estimate of drug-likeness (QED) is 0.848. The molecule has 2 aromatic carbocycles. The fourth-order valence-electron chi connectivity index (χ4n) is 1.95. The van der Waals surface area contributed by atoms with Crippen molar-refractivity contribution >= 4 is 15.7 Å². The van der Waals surface area contributed by atoms with Crippen molar-refractivity contribution in [3.63, 3.8) is 0 Å². The van der Waals surface area contributed by atoms with Gasteiger partial charge in [-0.2, -0.15) is 0 Å². The molecule has 2 rings (SSSR count). The molecule has 0 spiro atoms. The fourth-order valence-corrected chi connectivity index (χ4v) is 2.83. The third-order valence-corrected chi connectivity index (χ3v) is 4.23. The first-order valence-corrected chi connectivity index (χ1v) is 8.22. The van der Waals surface area contributed by atoms with E-state index < -0.39 is 21.7 Å². The number of hydrogen-bond acceptors (Lipinski definition) is 3. The van der Waals surface area contributed by atoms with Crippen LogP contribution in [0.1, 0.15) is 5.56 Å². The topological polar surface area (TPSA) is 46.6 Å². The van der Waals surface area contributed by atoms with E-state index in [2.05, 4.69) is 0 Å². The summed E-state index contributed by atoms with van der Waals surface area (Å²) in [5.41, 5.74) is 0.453. The Kier molecular flexibility index (Phi) is 4.65. The lowest BCUT2D eigenvalue weighted by Crippen LogP contribution is -2.29. The Hall–Kier alpha value is -2.15. The molecule has 0 aliphatic carbocycles. The average molecular weight is 327 g/mol. The molecule has 22 heavy (non-hydrogen) atoms. The maximum atomic E-state index is 13.8. The summed E-state index contributed by atoms with van der Waals surface area (Å²) < 4.78 is 56.7. The Morgan fingerprint density at radius 2 is 1.73 bits per heavy atom. The zero-order chi connectivity index (χ0) is 16.3. The number of rotatable bonds is 5. The third kappa shape index (κ3) is 3.73. The van der Waals surface area contributed by atoms with E-state index in [1.54, 1.807) is 24.3 Å². The van der Waals surface area contributed by atoms with Crippen molar-refractivity contribution < 1.29 is 21.9 Å². The first-order valence-electron chi connectivity index (χ1n) is 6.37. The molecule has 0 unspecified atom stereocenters. The number of ether oxygens (including phenoxy) is 1. The van der Waals surface area contributed by atoms with E-state index in [4.69, 9.17) is 4.74 Å². The minimum atomic E-state index is -3.63. The van der Waals surface area contributed by atoms with Crippen molar-refractivity contribution in [3.8, 4) is 5.75 Å². The minimum Gasteiger partial charge on any atom is -0.497 e. The van der Waals surface area contributed by atoms with Crippen molar-refractivity contribution in [3.05, 3.63) is 59.7 Å². The molecular formula is C15H15F2NO3S. The Balaban J connectivity index is 2.38. The molecule has 0 saturated carbocycles. The minimum absolute atomic E-state index is 0.0858. The summed E-state index contributed by atoms with van der Waals surface area (Å²) in [5.74, 6) is -0.927. The number of nitrogens with zero attached hydrogens (tertiary/aromatic N) is 1. The van der Waals surface area contributed by atoms with Gasteiger partial charge in [0.1, 0.15) is 17.4 Å². The summed E-state index contributed by atoms with van der Waals surface area (Å²) in [6.07, 6.45) is 1.03. The standard InChI is InChI=1S/C15H15F2NO3S/c1-21-14-7-5-13(6-8-14)18(22(2,19)20)10-11-3-4-12(16)9-15(11)17/h3-9H,10H2,1-2H3. The predicted molar refractivity (Wildman–Crippen MR) is 80.4 cm³/mol. The fraction of sp³-hybridized carbons (Fsp3) is 0.200. The summed E-state index contributed by atoms with van der Waals surface area (Å²) >= 11 is 0. The molecule has 7 heteroatoms. The highest BCUT2D eigenvalue weighted by molar-refractivity contribution is 7.92. The van der Waals surface area contributed by atoms with Crippen LogP contribution in [0.3, 0.4) is 0 Å². The van der Waals surface area contributed by atoms with Crippen LogP contribution < -0.4 is 9.04 Å². The van der Waals surface area contributed by atoms with Gasteiger partial charge in [0.25, 0.3) is 0 Å². The molecule has 0 radical (unpaired) electrons. The SMILES string of the molecule is COc1ccc(N(Cc2ccc(F)cc2F)S(C)(=O)=O)cc1. The summed E-state index contributed by atoms with van der Waals surface area (Å²) in [6, 6.07) is 9.37. The number of anilines is 1. The van der Waals surface area contributed by atoms with Crippen LogP contribution in [0.4, 0.5) is 14.5 Å². The van der Waals surface area contributed by atoms with E-state index in [1.165, 1.54) is 13.2 Å². The summed E-state index contributed by atoms with van der Waals surface area (Å²) in [7, 11) is -2.13.